The van der Waals surface area contributed by atoms with Crippen LogP contribution in [0, 0.1) is 0 Å². The molecular weight excluding hydrogens is 218 g/mol. The van der Waals surface area contributed by atoms with E-state index < -0.39 is 0 Å². The van der Waals surface area contributed by atoms with Crippen LogP contribution >= 0.6 is 0 Å². The summed E-state index contributed by atoms with van der Waals surface area (Å²) in [6.45, 7) is 4.68. The lowest BCUT2D eigenvalue weighted by Gasteiger charge is -2.05. The summed E-state index contributed by atoms with van der Waals surface area (Å²) in [5.41, 5.74) is 7.66. The number of nitrogens with zero attached hydrogens (tertiary/aromatic N) is 3. The molecule has 3 N–H and O–H groups in total. The Balaban J connectivity index is 2.15. The maximum Gasteiger partial charge on any atom is 0.155 e. The fourth-order valence-corrected chi connectivity index (χ4v) is 1.70. The van der Waals surface area contributed by atoms with Crippen molar-refractivity contribution in [3.63, 3.8) is 0 Å². The highest BCUT2D eigenvalue weighted by atomic mass is 16.5. The predicted molar refractivity (Wildman–Crippen MR) is 65.5 cm³/mol. The monoisotopic (exact) mass is 235 g/mol. The van der Waals surface area contributed by atoms with E-state index in [1.807, 2.05) is 13.1 Å². The summed E-state index contributed by atoms with van der Waals surface area (Å²) >= 11 is 0. The third-order valence-corrected chi connectivity index (χ3v) is 2.58. The Morgan fingerprint density at radius 1 is 1.53 bits per heavy atom. The van der Waals surface area contributed by atoms with Gasteiger partial charge in [0.15, 0.2) is 5.76 Å². The number of nitrogen functional groups attached to an aromatic ring is 1. The van der Waals surface area contributed by atoms with Gasteiger partial charge in [-0.25, -0.2) is 0 Å². The van der Waals surface area contributed by atoms with Crippen LogP contribution in [0.25, 0.3) is 0 Å². The second kappa shape index (κ2) is 4.48. The molecule has 0 saturated heterocycles. The molecule has 0 amide bonds. The molecule has 0 aromatic carbocycles. The molecule has 0 aliphatic carbocycles. The Bertz CT molecular complexity index is 486. The van der Waals surface area contributed by atoms with E-state index in [0.717, 1.165) is 17.3 Å². The standard InChI is InChI=1S/C11H17N5O/c1-7(2)10-9(12)11(16(3)15-10)13-6-8-4-5-14-17-8/h4-5,7,13H,6,12H2,1-3H3. The van der Waals surface area contributed by atoms with Crippen LogP contribution in [0.3, 0.4) is 0 Å². The van der Waals surface area contributed by atoms with E-state index in [9.17, 15) is 0 Å². The molecule has 6 heteroatoms. The number of hydrogen-bond acceptors (Lipinski definition) is 5. The number of nitrogens with one attached hydrogen (secondary N) is 1. The zero-order chi connectivity index (χ0) is 12.4. The Hall–Kier alpha value is -1.98. The molecule has 0 aliphatic rings. The van der Waals surface area contributed by atoms with Crippen LogP contribution in [0.15, 0.2) is 16.8 Å². The first-order chi connectivity index (χ1) is 8.09. The second-order valence-electron chi connectivity index (χ2n) is 4.26. The topological polar surface area (TPSA) is 81.9 Å². The van der Waals surface area contributed by atoms with Gasteiger partial charge in [0.2, 0.25) is 0 Å². The molecule has 2 aromatic rings. The molecule has 0 unspecified atom stereocenters. The highest BCUT2D eigenvalue weighted by Crippen LogP contribution is 2.27. The summed E-state index contributed by atoms with van der Waals surface area (Å²) in [5, 5.41) is 11.2. The molecule has 92 valence electrons. The first-order valence-corrected chi connectivity index (χ1v) is 5.55. The SMILES string of the molecule is CC(C)c1nn(C)c(NCc2ccno2)c1N. The van der Waals surface area contributed by atoms with Gasteiger partial charge < -0.3 is 15.6 Å². The summed E-state index contributed by atoms with van der Waals surface area (Å²) in [6, 6.07) is 1.81. The Labute approximate surface area is 99.8 Å². The average Bonchev–Trinajstić information content (AvgIpc) is 2.86. The van der Waals surface area contributed by atoms with Gasteiger partial charge in [-0.2, -0.15) is 5.10 Å². The lowest BCUT2D eigenvalue weighted by molar-refractivity contribution is 0.387. The largest absolute Gasteiger partial charge is 0.394 e. The molecule has 0 atom stereocenters. The molecule has 0 aliphatic heterocycles. The number of aryl methyl sites for hydroxylation is 1. The Morgan fingerprint density at radius 3 is 2.82 bits per heavy atom. The van der Waals surface area contributed by atoms with E-state index in [1.165, 1.54) is 0 Å². The first-order valence-electron chi connectivity index (χ1n) is 5.55. The minimum Gasteiger partial charge on any atom is -0.394 e. The van der Waals surface area contributed by atoms with Gasteiger partial charge in [0, 0.05) is 13.1 Å². The fraction of sp³-hybridized carbons (Fsp3) is 0.455. The van der Waals surface area contributed by atoms with Gasteiger partial charge in [-0.15, -0.1) is 0 Å². The van der Waals surface area contributed by atoms with Gasteiger partial charge >= 0.3 is 0 Å². The van der Waals surface area contributed by atoms with E-state index >= 15 is 0 Å². The van der Waals surface area contributed by atoms with Gasteiger partial charge in [0.05, 0.1) is 24.1 Å². The van der Waals surface area contributed by atoms with Crippen LogP contribution in [0.5, 0.6) is 0 Å². The first kappa shape index (κ1) is 11.5. The van der Waals surface area contributed by atoms with Gasteiger partial charge in [-0.3, -0.25) is 4.68 Å². The zero-order valence-corrected chi connectivity index (χ0v) is 10.3. The predicted octanol–water partition coefficient (Wildman–Crippen LogP) is 1.73. The molecule has 0 spiro atoms. The molecular formula is C11H17N5O. The molecule has 0 bridgehead atoms. The third-order valence-electron chi connectivity index (χ3n) is 2.58. The van der Waals surface area contributed by atoms with Crippen LogP contribution in [0.1, 0.15) is 31.2 Å². The number of hydrogen-bond donors (Lipinski definition) is 2. The minimum absolute atomic E-state index is 0.307. The van der Waals surface area contributed by atoms with Gasteiger partial charge in [0.25, 0.3) is 0 Å². The normalized spacial score (nSPS) is 11.1. The fourth-order valence-electron chi connectivity index (χ4n) is 1.70. The minimum atomic E-state index is 0.307. The smallest absolute Gasteiger partial charge is 0.155 e. The summed E-state index contributed by atoms with van der Waals surface area (Å²) in [7, 11) is 1.87. The lowest BCUT2D eigenvalue weighted by atomic mass is 10.1. The number of nitrogens with two attached hydrogens (primary N) is 1. The van der Waals surface area contributed by atoms with E-state index in [1.54, 1.807) is 10.9 Å². The molecule has 6 nitrogen and oxygen atoms in total. The third kappa shape index (κ3) is 2.25. The summed E-state index contributed by atoms with van der Waals surface area (Å²) < 4.78 is 6.76. The van der Waals surface area contributed by atoms with Crippen LogP contribution in [0.2, 0.25) is 0 Å². The Kier molecular flexibility index (Phi) is 3.03. The van der Waals surface area contributed by atoms with E-state index in [4.69, 9.17) is 10.3 Å². The van der Waals surface area contributed by atoms with Crippen molar-refractivity contribution in [1.82, 2.24) is 14.9 Å². The van der Waals surface area contributed by atoms with Gasteiger partial charge in [0.1, 0.15) is 5.82 Å². The van der Waals surface area contributed by atoms with Crippen LogP contribution in [-0.2, 0) is 13.6 Å². The highest BCUT2D eigenvalue weighted by Gasteiger charge is 2.15. The van der Waals surface area contributed by atoms with Crippen molar-refractivity contribution in [3.8, 4) is 0 Å². The summed E-state index contributed by atoms with van der Waals surface area (Å²) in [4.78, 5) is 0. The molecule has 0 saturated carbocycles. The molecule has 2 heterocycles. The second-order valence-corrected chi connectivity index (χ2v) is 4.26. The summed E-state index contributed by atoms with van der Waals surface area (Å²) in [5.74, 6) is 1.88. The van der Waals surface area contributed by atoms with Crippen molar-refractivity contribution in [1.29, 1.82) is 0 Å². The van der Waals surface area contributed by atoms with Crippen LogP contribution in [0.4, 0.5) is 11.5 Å². The summed E-state index contributed by atoms with van der Waals surface area (Å²) in [6.07, 6.45) is 1.61. The number of anilines is 2. The van der Waals surface area contributed by atoms with Gasteiger partial charge in [-0.1, -0.05) is 19.0 Å². The molecule has 2 rings (SSSR count). The van der Waals surface area contributed by atoms with Gasteiger partial charge in [-0.05, 0) is 5.92 Å². The maximum atomic E-state index is 6.05. The van der Waals surface area contributed by atoms with E-state index in [-0.39, 0.29) is 0 Å². The van der Waals surface area contributed by atoms with Crippen molar-refractivity contribution in [2.75, 3.05) is 11.1 Å². The Morgan fingerprint density at radius 2 is 2.29 bits per heavy atom. The lowest BCUT2D eigenvalue weighted by Crippen LogP contribution is -2.05. The number of aromatic nitrogens is 3. The zero-order valence-electron chi connectivity index (χ0n) is 10.3. The maximum absolute atomic E-state index is 6.05. The molecule has 17 heavy (non-hydrogen) atoms. The molecule has 0 radical (unpaired) electrons. The quantitative estimate of drug-likeness (QED) is 0.843. The molecule has 0 fully saturated rings. The van der Waals surface area contributed by atoms with Crippen molar-refractivity contribution in [2.45, 2.75) is 26.3 Å². The van der Waals surface area contributed by atoms with Crippen LogP contribution < -0.4 is 11.1 Å². The number of rotatable bonds is 4. The molecule has 2 aromatic heterocycles. The van der Waals surface area contributed by atoms with Crippen molar-refractivity contribution in [3.05, 3.63) is 23.7 Å². The van der Waals surface area contributed by atoms with Crippen molar-refractivity contribution in [2.24, 2.45) is 7.05 Å². The van der Waals surface area contributed by atoms with Crippen molar-refractivity contribution < 1.29 is 4.52 Å². The highest BCUT2D eigenvalue weighted by molar-refractivity contribution is 5.65. The van der Waals surface area contributed by atoms with E-state index in [2.05, 4.69) is 29.4 Å². The van der Waals surface area contributed by atoms with E-state index in [0.29, 0.717) is 18.2 Å². The van der Waals surface area contributed by atoms with Crippen LogP contribution in [-0.4, -0.2) is 14.9 Å². The van der Waals surface area contributed by atoms with Crippen molar-refractivity contribution >= 4 is 11.5 Å². The average molecular weight is 235 g/mol.